The minimum Gasteiger partial charge on any atom is -0.449 e. The van der Waals surface area contributed by atoms with Crippen LogP contribution >= 0.6 is 0 Å². The van der Waals surface area contributed by atoms with Gasteiger partial charge in [0.05, 0.1) is 10.5 Å². The van der Waals surface area contributed by atoms with Crippen molar-refractivity contribution in [2.75, 3.05) is 13.1 Å². The molecule has 0 saturated carbocycles. The van der Waals surface area contributed by atoms with Crippen LogP contribution in [0.25, 0.3) is 0 Å². The first-order chi connectivity index (χ1) is 13.0. The second kappa shape index (κ2) is 8.70. The van der Waals surface area contributed by atoms with Crippen molar-refractivity contribution in [2.24, 2.45) is 17.6 Å². The molecule has 0 spiro atoms. The molecular formula is C18H25N3O6S. The molecule has 1 heterocycles. The third kappa shape index (κ3) is 5.29. The minimum absolute atomic E-state index is 0.0158. The molecule has 3 N–H and O–H groups in total. The quantitative estimate of drug-likeness (QED) is 0.696. The highest BCUT2D eigenvalue weighted by molar-refractivity contribution is 7.89. The van der Waals surface area contributed by atoms with Crippen LogP contribution in [-0.2, 0) is 19.6 Å². The Hall–Kier alpha value is -2.46. The molecule has 10 heteroatoms. The monoisotopic (exact) mass is 411 g/mol. The summed E-state index contributed by atoms with van der Waals surface area (Å²) in [6.07, 6.45) is -0.312. The molecule has 0 aliphatic carbocycles. The van der Waals surface area contributed by atoms with Gasteiger partial charge in [0.2, 0.25) is 10.0 Å². The molecule has 1 aliphatic rings. The summed E-state index contributed by atoms with van der Waals surface area (Å²) in [5.41, 5.74) is 4.83. The van der Waals surface area contributed by atoms with Gasteiger partial charge in [-0.1, -0.05) is 19.9 Å². The van der Waals surface area contributed by atoms with Crippen LogP contribution in [0.3, 0.4) is 0 Å². The molecule has 9 nitrogen and oxygen atoms in total. The summed E-state index contributed by atoms with van der Waals surface area (Å²) < 4.78 is 32.3. The molecule has 0 bridgehead atoms. The number of benzene rings is 1. The number of esters is 1. The van der Waals surface area contributed by atoms with Crippen molar-refractivity contribution in [1.29, 1.82) is 0 Å². The van der Waals surface area contributed by atoms with E-state index in [0.29, 0.717) is 13.1 Å². The average molecular weight is 411 g/mol. The fraction of sp³-hybridized carbons (Fsp3) is 0.500. The van der Waals surface area contributed by atoms with Gasteiger partial charge in [-0.25, -0.2) is 18.0 Å². The van der Waals surface area contributed by atoms with E-state index in [-0.39, 0.29) is 22.3 Å². The van der Waals surface area contributed by atoms with Gasteiger partial charge in [0.15, 0.2) is 6.10 Å². The predicted molar refractivity (Wildman–Crippen MR) is 101 cm³/mol. The van der Waals surface area contributed by atoms with Crippen molar-refractivity contribution < 1.29 is 27.5 Å². The summed E-state index contributed by atoms with van der Waals surface area (Å²) in [6.45, 7) is 6.12. The van der Waals surface area contributed by atoms with Crippen molar-refractivity contribution in [3.8, 4) is 0 Å². The van der Waals surface area contributed by atoms with Gasteiger partial charge in [0.1, 0.15) is 0 Å². The Balaban J connectivity index is 2.17. The van der Waals surface area contributed by atoms with Gasteiger partial charge in [-0.2, -0.15) is 4.31 Å². The summed E-state index contributed by atoms with van der Waals surface area (Å²) in [7, 11) is -3.76. The van der Waals surface area contributed by atoms with E-state index in [1.807, 2.05) is 13.8 Å². The number of nitrogens with zero attached hydrogens (tertiary/aromatic N) is 1. The van der Waals surface area contributed by atoms with E-state index in [1.54, 1.807) is 5.32 Å². The number of sulfonamides is 1. The largest absolute Gasteiger partial charge is 0.449 e. The molecule has 28 heavy (non-hydrogen) atoms. The second-order valence-corrected chi connectivity index (χ2v) is 9.13. The number of nitrogens with two attached hydrogens (primary N) is 1. The second-order valence-electron chi connectivity index (χ2n) is 7.20. The fourth-order valence-electron chi connectivity index (χ4n) is 3.24. The molecule has 0 aromatic heterocycles. The van der Waals surface area contributed by atoms with E-state index in [1.165, 1.54) is 35.5 Å². The molecule has 0 radical (unpaired) electrons. The SMILES string of the molecule is CC1CC(C)CN(S(=O)(=O)c2cccc(C(=O)OC(C)C(=O)NC(N)=O)c2)C1. The van der Waals surface area contributed by atoms with Gasteiger partial charge in [-0.15, -0.1) is 0 Å². The number of hydrogen-bond acceptors (Lipinski definition) is 6. The third-order valence-electron chi connectivity index (χ3n) is 4.44. The standard InChI is InChI=1S/C18H25N3O6S/c1-11-7-12(2)10-21(9-11)28(25,26)15-6-4-5-14(8-15)17(23)27-13(3)16(22)20-18(19)24/h4-6,8,11-13H,7,9-10H2,1-3H3,(H3,19,20,22,24). The van der Waals surface area contributed by atoms with Crippen LogP contribution < -0.4 is 11.1 Å². The first-order valence-electron chi connectivity index (χ1n) is 8.92. The third-order valence-corrected chi connectivity index (χ3v) is 6.27. The van der Waals surface area contributed by atoms with Crippen LogP contribution in [0.5, 0.6) is 0 Å². The van der Waals surface area contributed by atoms with Crippen molar-refractivity contribution in [1.82, 2.24) is 9.62 Å². The molecular weight excluding hydrogens is 386 g/mol. The van der Waals surface area contributed by atoms with E-state index < -0.39 is 34.0 Å². The van der Waals surface area contributed by atoms with E-state index in [4.69, 9.17) is 10.5 Å². The Morgan fingerprint density at radius 1 is 1.21 bits per heavy atom. The zero-order valence-corrected chi connectivity index (χ0v) is 16.9. The van der Waals surface area contributed by atoms with Crippen molar-refractivity contribution in [3.63, 3.8) is 0 Å². The van der Waals surface area contributed by atoms with Gasteiger partial charge in [0.25, 0.3) is 5.91 Å². The Morgan fingerprint density at radius 2 is 1.82 bits per heavy atom. The van der Waals surface area contributed by atoms with Gasteiger partial charge in [0, 0.05) is 13.1 Å². The molecule has 3 unspecified atom stereocenters. The fourth-order valence-corrected chi connectivity index (χ4v) is 4.97. The highest BCUT2D eigenvalue weighted by Gasteiger charge is 2.32. The normalized spacial score (nSPS) is 21.5. The maximum Gasteiger partial charge on any atom is 0.338 e. The maximum atomic E-state index is 13.0. The van der Waals surface area contributed by atoms with Crippen molar-refractivity contribution in [3.05, 3.63) is 29.8 Å². The molecule has 3 atom stereocenters. The lowest BCUT2D eigenvalue weighted by Gasteiger charge is -2.34. The van der Waals surface area contributed by atoms with Crippen LogP contribution in [-0.4, -0.2) is 49.8 Å². The Morgan fingerprint density at radius 3 is 2.39 bits per heavy atom. The molecule has 1 fully saturated rings. The van der Waals surface area contributed by atoms with Gasteiger partial charge < -0.3 is 10.5 Å². The number of amides is 3. The first kappa shape index (κ1) is 21.8. The van der Waals surface area contributed by atoms with Crippen LogP contribution in [0.2, 0.25) is 0 Å². The Labute approximate surface area is 164 Å². The summed E-state index contributed by atoms with van der Waals surface area (Å²) in [5.74, 6) is -1.27. The van der Waals surface area contributed by atoms with Gasteiger partial charge >= 0.3 is 12.0 Å². The number of rotatable bonds is 5. The van der Waals surface area contributed by atoms with Crippen molar-refractivity contribution in [2.45, 2.75) is 38.2 Å². The predicted octanol–water partition coefficient (Wildman–Crippen LogP) is 1.09. The first-order valence-corrected chi connectivity index (χ1v) is 10.4. The van der Waals surface area contributed by atoms with Gasteiger partial charge in [-0.05, 0) is 43.4 Å². The summed E-state index contributed by atoms with van der Waals surface area (Å²) >= 11 is 0. The lowest BCUT2D eigenvalue weighted by molar-refractivity contribution is -0.127. The number of carbonyl (C=O) groups is 3. The summed E-state index contributed by atoms with van der Waals surface area (Å²) in [4.78, 5) is 34.6. The number of nitrogens with one attached hydrogen (secondary N) is 1. The molecule has 1 aromatic carbocycles. The van der Waals surface area contributed by atoms with Crippen molar-refractivity contribution >= 4 is 27.9 Å². The minimum atomic E-state index is -3.76. The number of hydrogen-bond donors (Lipinski definition) is 2. The molecule has 3 amide bonds. The number of ether oxygens (including phenoxy) is 1. The zero-order chi connectivity index (χ0) is 21.1. The molecule has 2 rings (SSSR count). The number of urea groups is 1. The topological polar surface area (TPSA) is 136 Å². The smallest absolute Gasteiger partial charge is 0.338 e. The van der Waals surface area contributed by atoms with Crippen LogP contribution in [0, 0.1) is 11.8 Å². The Kier molecular flexibility index (Phi) is 6.78. The number of carbonyl (C=O) groups excluding carboxylic acids is 3. The summed E-state index contributed by atoms with van der Waals surface area (Å²) in [5, 5.41) is 1.81. The molecule has 1 aliphatic heterocycles. The van der Waals surface area contributed by atoms with Gasteiger partial charge in [-0.3, -0.25) is 10.1 Å². The van der Waals surface area contributed by atoms with E-state index in [0.717, 1.165) is 6.42 Å². The molecule has 154 valence electrons. The number of imide groups is 1. The zero-order valence-electron chi connectivity index (χ0n) is 16.0. The average Bonchev–Trinajstić information content (AvgIpc) is 2.60. The van der Waals surface area contributed by atoms with Crippen LogP contribution in [0.15, 0.2) is 29.2 Å². The van der Waals surface area contributed by atoms with E-state index in [2.05, 4.69) is 0 Å². The molecule has 1 saturated heterocycles. The molecule has 1 aromatic rings. The lowest BCUT2D eigenvalue weighted by Crippen LogP contribution is -2.42. The highest BCUT2D eigenvalue weighted by Crippen LogP contribution is 2.27. The van der Waals surface area contributed by atoms with Crippen LogP contribution in [0.1, 0.15) is 37.6 Å². The maximum absolute atomic E-state index is 13.0. The lowest BCUT2D eigenvalue weighted by atomic mass is 9.94. The highest BCUT2D eigenvalue weighted by atomic mass is 32.2. The van der Waals surface area contributed by atoms with Crippen LogP contribution in [0.4, 0.5) is 4.79 Å². The van der Waals surface area contributed by atoms with E-state index >= 15 is 0 Å². The Bertz CT molecular complexity index is 860. The number of piperidine rings is 1. The summed E-state index contributed by atoms with van der Waals surface area (Å²) in [6, 6.07) is 4.40. The number of primary amides is 1. The van der Waals surface area contributed by atoms with E-state index in [9.17, 15) is 22.8 Å².